The summed E-state index contributed by atoms with van der Waals surface area (Å²) in [6.45, 7) is 2.92. The van der Waals surface area contributed by atoms with E-state index in [2.05, 4.69) is 30.2 Å². The molecule has 50 heavy (non-hydrogen) atoms. The number of carbonyl (C=O) groups is 7. The number of methoxy groups -OCH3 is 3. The fraction of sp³-hybridized carbons (Fsp3) is 0.485. The highest BCUT2D eigenvalue weighted by molar-refractivity contribution is 6.00. The molecule has 0 saturated heterocycles. The van der Waals surface area contributed by atoms with E-state index in [1.54, 1.807) is 6.92 Å². The monoisotopic (exact) mass is 704 g/mol. The number of benzene rings is 1. The van der Waals surface area contributed by atoms with Crippen molar-refractivity contribution >= 4 is 42.0 Å². The lowest BCUT2D eigenvalue weighted by atomic mass is 9.90. The van der Waals surface area contributed by atoms with E-state index in [-0.39, 0.29) is 35.9 Å². The molecular weight excluding hydrogens is 660 g/mol. The number of rotatable bonds is 21. The van der Waals surface area contributed by atoms with Gasteiger partial charge >= 0.3 is 17.9 Å². The van der Waals surface area contributed by atoms with Crippen molar-refractivity contribution < 1.29 is 62.1 Å². The normalized spacial score (nSPS) is 12.4. The quantitative estimate of drug-likeness (QED) is 0.0277. The Morgan fingerprint density at radius 2 is 1.64 bits per heavy atom. The van der Waals surface area contributed by atoms with E-state index >= 15 is 0 Å². The molecule has 17 nitrogen and oxygen atoms in total. The Hall–Kier alpha value is -5.45. The topological polar surface area (TPSA) is 229 Å². The second-order valence-electron chi connectivity index (χ2n) is 10.9. The first-order valence-corrected chi connectivity index (χ1v) is 15.8. The van der Waals surface area contributed by atoms with Gasteiger partial charge in [-0.05, 0) is 37.1 Å². The van der Waals surface area contributed by atoms with Gasteiger partial charge in [0, 0.05) is 5.56 Å². The zero-order valence-corrected chi connectivity index (χ0v) is 28.6. The maximum Gasteiger partial charge on any atom is 0.343 e. The number of amides is 4. The molecule has 0 saturated carbocycles. The minimum atomic E-state index is -1.38. The van der Waals surface area contributed by atoms with E-state index in [1.165, 1.54) is 30.3 Å². The Labute approximate surface area is 288 Å². The van der Waals surface area contributed by atoms with Gasteiger partial charge in [-0.3, -0.25) is 29.2 Å². The van der Waals surface area contributed by atoms with Crippen molar-refractivity contribution in [2.75, 3.05) is 34.6 Å². The summed E-state index contributed by atoms with van der Waals surface area (Å²) in [7, 11) is 3.35. The molecular formula is C33H44N4O13. The number of unbranched alkanes of at least 4 members (excludes halogenated alkanes) is 2. The maximum absolute atomic E-state index is 13.2. The van der Waals surface area contributed by atoms with Gasteiger partial charge in [-0.15, -0.1) is 0 Å². The van der Waals surface area contributed by atoms with Gasteiger partial charge in [0.1, 0.15) is 17.6 Å². The minimum absolute atomic E-state index is 0.118. The van der Waals surface area contributed by atoms with Gasteiger partial charge in [-0.1, -0.05) is 39.2 Å². The van der Waals surface area contributed by atoms with E-state index in [9.17, 15) is 38.8 Å². The van der Waals surface area contributed by atoms with Gasteiger partial charge in [0.05, 0.1) is 51.9 Å². The molecule has 1 aromatic carbocycles. The van der Waals surface area contributed by atoms with Crippen LogP contribution < -0.4 is 20.7 Å². The second-order valence-corrected chi connectivity index (χ2v) is 10.9. The van der Waals surface area contributed by atoms with E-state index < -0.39 is 66.7 Å². The molecule has 1 heterocycles. The van der Waals surface area contributed by atoms with Crippen LogP contribution in [-0.4, -0.2) is 99.0 Å². The van der Waals surface area contributed by atoms with Crippen LogP contribution in [0.3, 0.4) is 0 Å². The highest BCUT2D eigenvalue weighted by Gasteiger charge is 2.31. The summed E-state index contributed by atoms with van der Waals surface area (Å²) >= 11 is 0. The van der Waals surface area contributed by atoms with Crippen molar-refractivity contribution in [2.24, 2.45) is 5.92 Å². The standard InChI is InChI=1S/C33H44N4O13/c1-6-8-9-10-21(24(7-2)37(45)19-38)30(41)34-18-35-32(43)26-14-13-25(50-26)20-11-12-22(27(15-20)49-17-29(40)47-4)31(42)36-23(33(44)48-5)16-28(39)46-3/h11-15,19,21,23-24,45H,6-10,16-18H2,1-5H3,(H,34,41)(H,35,43)(H,36,42)/t21-,23+,24-/m1/s1. The second kappa shape index (κ2) is 20.8. The minimum Gasteiger partial charge on any atom is -0.481 e. The average molecular weight is 705 g/mol. The van der Waals surface area contributed by atoms with E-state index in [0.717, 1.165) is 34.2 Å². The van der Waals surface area contributed by atoms with E-state index in [1.807, 2.05) is 6.92 Å². The first-order valence-electron chi connectivity index (χ1n) is 15.8. The van der Waals surface area contributed by atoms with Gasteiger partial charge in [0.25, 0.3) is 11.8 Å². The number of furan rings is 1. The van der Waals surface area contributed by atoms with Crippen LogP contribution in [0.2, 0.25) is 0 Å². The first-order chi connectivity index (χ1) is 23.9. The molecule has 2 rings (SSSR count). The van der Waals surface area contributed by atoms with Gasteiger partial charge in [0.2, 0.25) is 12.3 Å². The molecule has 17 heteroatoms. The highest BCUT2D eigenvalue weighted by Crippen LogP contribution is 2.29. The summed E-state index contributed by atoms with van der Waals surface area (Å²) in [5.74, 6) is -5.14. The molecule has 0 bridgehead atoms. The van der Waals surface area contributed by atoms with Crippen LogP contribution in [0.4, 0.5) is 0 Å². The molecule has 0 aliphatic rings. The van der Waals surface area contributed by atoms with Crippen LogP contribution in [0.25, 0.3) is 11.3 Å². The number of esters is 3. The fourth-order valence-corrected chi connectivity index (χ4v) is 4.89. The molecule has 274 valence electrons. The molecule has 0 aliphatic heterocycles. The third-order valence-corrected chi connectivity index (χ3v) is 7.60. The van der Waals surface area contributed by atoms with E-state index in [4.69, 9.17) is 9.15 Å². The third kappa shape index (κ3) is 11.9. The highest BCUT2D eigenvalue weighted by atomic mass is 16.6. The SMILES string of the molecule is CCCCC[C@@H](C(=O)NCNC(=O)c1ccc(-c2ccc(C(=O)N[C@@H](CC(=O)OC)C(=O)OC)c(OCC(=O)OC)c2)o1)[C@@H](CC)N(O)C=O. The maximum atomic E-state index is 13.2. The molecule has 0 unspecified atom stereocenters. The third-order valence-electron chi connectivity index (χ3n) is 7.60. The lowest BCUT2D eigenvalue weighted by molar-refractivity contribution is -0.168. The molecule has 0 spiro atoms. The molecule has 0 radical (unpaired) electrons. The molecule has 0 fully saturated rings. The zero-order chi connectivity index (χ0) is 37.2. The van der Waals surface area contributed by atoms with Gasteiger partial charge in [-0.25, -0.2) is 14.7 Å². The van der Waals surface area contributed by atoms with Crippen LogP contribution in [0.5, 0.6) is 5.75 Å². The Bertz CT molecular complexity index is 1490. The summed E-state index contributed by atoms with van der Waals surface area (Å²) in [4.78, 5) is 86.0. The zero-order valence-electron chi connectivity index (χ0n) is 28.6. The Balaban J connectivity index is 2.22. The van der Waals surface area contributed by atoms with Crippen molar-refractivity contribution in [1.29, 1.82) is 0 Å². The predicted octanol–water partition coefficient (Wildman–Crippen LogP) is 1.96. The molecule has 0 aliphatic carbocycles. The number of hydroxylamine groups is 2. The van der Waals surface area contributed by atoms with Crippen molar-refractivity contribution in [3.8, 4) is 17.1 Å². The van der Waals surface area contributed by atoms with Crippen LogP contribution in [0.15, 0.2) is 34.7 Å². The smallest absolute Gasteiger partial charge is 0.343 e. The van der Waals surface area contributed by atoms with Crippen molar-refractivity contribution in [1.82, 2.24) is 21.0 Å². The van der Waals surface area contributed by atoms with Gasteiger partial charge < -0.3 is 39.3 Å². The summed E-state index contributed by atoms with van der Waals surface area (Å²) in [6, 6.07) is 4.87. The van der Waals surface area contributed by atoms with E-state index in [0.29, 0.717) is 29.9 Å². The van der Waals surface area contributed by atoms with Crippen molar-refractivity contribution in [3.63, 3.8) is 0 Å². The molecule has 1 aromatic heterocycles. The first kappa shape index (κ1) is 40.7. The van der Waals surface area contributed by atoms with Crippen LogP contribution in [0, 0.1) is 5.92 Å². The lowest BCUT2D eigenvalue weighted by Gasteiger charge is -2.29. The van der Waals surface area contributed by atoms with Crippen molar-refractivity contribution in [2.45, 2.75) is 64.5 Å². The van der Waals surface area contributed by atoms with Crippen LogP contribution in [0.1, 0.15) is 73.3 Å². The lowest BCUT2D eigenvalue weighted by Crippen LogP contribution is -2.47. The largest absolute Gasteiger partial charge is 0.481 e. The van der Waals surface area contributed by atoms with Crippen LogP contribution >= 0.6 is 0 Å². The Morgan fingerprint density at radius 3 is 2.26 bits per heavy atom. The summed E-state index contributed by atoms with van der Waals surface area (Å²) < 4.78 is 25.1. The predicted molar refractivity (Wildman–Crippen MR) is 173 cm³/mol. The Kier molecular flexibility index (Phi) is 17.0. The summed E-state index contributed by atoms with van der Waals surface area (Å²) in [5, 5.41) is 18.0. The van der Waals surface area contributed by atoms with Gasteiger partial charge in [0.15, 0.2) is 12.4 Å². The van der Waals surface area contributed by atoms with Gasteiger partial charge in [-0.2, -0.15) is 0 Å². The fourth-order valence-electron chi connectivity index (χ4n) is 4.89. The number of nitrogens with zero attached hydrogens (tertiary/aromatic N) is 1. The number of hydrogen-bond acceptors (Lipinski definition) is 13. The van der Waals surface area contributed by atoms with Crippen molar-refractivity contribution in [3.05, 3.63) is 41.7 Å². The van der Waals surface area contributed by atoms with Crippen LogP contribution in [-0.2, 0) is 38.2 Å². The summed E-state index contributed by atoms with van der Waals surface area (Å²) in [6.07, 6.45) is 3.02. The average Bonchev–Trinajstić information content (AvgIpc) is 3.63. The Morgan fingerprint density at radius 1 is 0.920 bits per heavy atom. The number of carbonyl (C=O) groups excluding carboxylic acids is 7. The number of ether oxygens (including phenoxy) is 4. The number of hydrogen-bond donors (Lipinski definition) is 4. The molecule has 3 atom stereocenters. The molecule has 4 N–H and O–H groups in total. The molecule has 4 amide bonds. The summed E-state index contributed by atoms with van der Waals surface area (Å²) in [5.41, 5.74) is 0.213. The number of nitrogens with one attached hydrogen (secondary N) is 3. The molecule has 2 aromatic rings.